The molecule has 0 aliphatic rings. The topological polar surface area (TPSA) is 50.7 Å². The third-order valence-corrected chi connectivity index (χ3v) is 2.83. The summed E-state index contributed by atoms with van der Waals surface area (Å²) in [6.07, 6.45) is 4.44. The standard InChI is InChI=1S/C13H8ClFN4/c14-13-17-7-10(15)12(19-13)18-11-3-1-2-8-4-5-16-6-9(8)11/h1-7H,(H,17,18,19). The molecule has 0 atom stereocenters. The van der Waals surface area contributed by atoms with Crippen LogP contribution in [0.5, 0.6) is 0 Å². The van der Waals surface area contributed by atoms with Crippen LogP contribution in [0.1, 0.15) is 0 Å². The van der Waals surface area contributed by atoms with Crippen molar-refractivity contribution in [2.75, 3.05) is 5.32 Å². The highest BCUT2D eigenvalue weighted by molar-refractivity contribution is 6.28. The third kappa shape index (κ3) is 2.32. The second kappa shape index (κ2) is 4.78. The molecule has 0 unspecified atom stereocenters. The first-order valence-electron chi connectivity index (χ1n) is 5.52. The van der Waals surface area contributed by atoms with Gasteiger partial charge >= 0.3 is 0 Å². The van der Waals surface area contributed by atoms with E-state index in [-0.39, 0.29) is 11.1 Å². The maximum absolute atomic E-state index is 13.6. The molecular weight excluding hydrogens is 267 g/mol. The van der Waals surface area contributed by atoms with Crippen LogP contribution in [0.15, 0.2) is 42.9 Å². The molecule has 1 N–H and O–H groups in total. The van der Waals surface area contributed by atoms with E-state index in [0.717, 1.165) is 17.0 Å². The van der Waals surface area contributed by atoms with Gasteiger partial charge in [-0.1, -0.05) is 12.1 Å². The number of benzene rings is 1. The molecule has 19 heavy (non-hydrogen) atoms. The number of halogens is 2. The van der Waals surface area contributed by atoms with Gasteiger partial charge in [0.2, 0.25) is 5.28 Å². The molecule has 0 saturated heterocycles. The Morgan fingerprint density at radius 2 is 2.05 bits per heavy atom. The van der Waals surface area contributed by atoms with Gasteiger partial charge in [0.1, 0.15) is 0 Å². The van der Waals surface area contributed by atoms with Crippen molar-refractivity contribution in [3.8, 4) is 0 Å². The van der Waals surface area contributed by atoms with E-state index >= 15 is 0 Å². The van der Waals surface area contributed by atoms with Crippen LogP contribution in [0.2, 0.25) is 5.28 Å². The minimum absolute atomic E-state index is 0.0118. The van der Waals surface area contributed by atoms with Crippen molar-refractivity contribution in [1.82, 2.24) is 15.0 Å². The first-order valence-corrected chi connectivity index (χ1v) is 5.89. The average molecular weight is 275 g/mol. The zero-order valence-corrected chi connectivity index (χ0v) is 10.4. The van der Waals surface area contributed by atoms with Gasteiger partial charge in [0.05, 0.1) is 6.20 Å². The summed E-state index contributed by atoms with van der Waals surface area (Å²) >= 11 is 5.66. The molecule has 94 valence electrons. The number of hydrogen-bond acceptors (Lipinski definition) is 4. The number of anilines is 2. The second-order valence-electron chi connectivity index (χ2n) is 3.86. The maximum Gasteiger partial charge on any atom is 0.224 e. The maximum atomic E-state index is 13.6. The van der Waals surface area contributed by atoms with Gasteiger partial charge < -0.3 is 5.32 Å². The van der Waals surface area contributed by atoms with E-state index in [9.17, 15) is 4.39 Å². The highest BCUT2D eigenvalue weighted by Gasteiger charge is 2.08. The van der Waals surface area contributed by atoms with Gasteiger partial charge in [-0.3, -0.25) is 4.98 Å². The highest BCUT2D eigenvalue weighted by Crippen LogP contribution is 2.26. The fraction of sp³-hybridized carbons (Fsp3) is 0. The number of fused-ring (bicyclic) bond motifs is 1. The molecule has 1 aromatic carbocycles. The lowest BCUT2D eigenvalue weighted by atomic mass is 10.1. The molecule has 6 heteroatoms. The van der Waals surface area contributed by atoms with Crippen LogP contribution in [0.25, 0.3) is 10.8 Å². The highest BCUT2D eigenvalue weighted by atomic mass is 35.5. The lowest BCUT2D eigenvalue weighted by Crippen LogP contribution is -1.99. The van der Waals surface area contributed by atoms with E-state index in [1.165, 1.54) is 0 Å². The first-order chi connectivity index (χ1) is 9.24. The average Bonchev–Trinajstić information content (AvgIpc) is 2.43. The Kier molecular flexibility index (Phi) is 2.97. The van der Waals surface area contributed by atoms with Crippen LogP contribution in [0.3, 0.4) is 0 Å². The number of rotatable bonds is 2. The molecule has 2 aromatic heterocycles. The van der Waals surface area contributed by atoms with E-state index in [0.29, 0.717) is 5.69 Å². The van der Waals surface area contributed by atoms with Crippen LogP contribution < -0.4 is 5.32 Å². The number of aromatic nitrogens is 3. The van der Waals surface area contributed by atoms with E-state index in [4.69, 9.17) is 11.6 Å². The van der Waals surface area contributed by atoms with E-state index < -0.39 is 5.82 Å². The Morgan fingerprint density at radius 1 is 1.16 bits per heavy atom. The lowest BCUT2D eigenvalue weighted by Gasteiger charge is -2.09. The van der Waals surface area contributed by atoms with E-state index in [2.05, 4.69) is 20.3 Å². The minimum Gasteiger partial charge on any atom is -0.337 e. The molecule has 4 nitrogen and oxygen atoms in total. The molecule has 0 aliphatic carbocycles. The zero-order valence-electron chi connectivity index (χ0n) is 9.64. The third-order valence-electron chi connectivity index (χ3n) is 2.65. The molecule has 0 spiro atoms. The number of nitrogens with zero attached hydrogens (tertiary/aromatic N) is 3. The summed E-state index contributed by atoms with van der Waals surface area (Å²) in [5.74, 6) is -0.526. The summed E-state index contributed by atoms with van der Waals surface area (Å²) in [4.78, 5) is 11.5. The quantitative estimate of drug-likeness (QED) is 0.726. The Balaban J connectivity index is 2.08. The molecule has 0 radical (unpaired) electrons. The van der Waals surface area contributed by atoms with Gasteiger partial charge in [-0.2, -0.15) is 4.98 Å². The molecule has 0 bridgehead atoms. The summed E-state index contributed by atoms with van der Waals surface area (Å²) < 4.78 is 13.6. The second-order valence-corrected chi connectivity index (χ2v) is 4.20. The Labute approximate surface area is 113 Å². The number of hydrogen-bond donors (Lipinski definition) is 1. The number of nitrogens with one attached hydrogen (secondary N) is 1. The predicted molar refractivity (Wildman–Crippen MR) is 72.0 cm³/mol. The van der Waals surface area contributed by atoms with Crippen LogP contribution >= 0.6 is 11.6 Å². The minimum atomic E-state index is -0.565. The summed E-state index contributed by atoms with van der Waals surface area (Å²) in [5.41, 5.74) is 0.708. The van der Waals surface area contributed by atoms with Crippen LogP contribution in [-0.4, -0.2) is 15.0 Å². The van der Waals surface area contributed by atoms with Crippen molar-refractivity contribution >= 4 is 33.9 Å². The van der Waals surface area contributed by atoms with Crippen molar-refractivity contribution in [3.05, 3.63) is 54.0 Å². The summed E-state index contributed by atoms with van der Waals surface area (Å²) in [6, 6.07) is 7.51. The van der Waals surface area contributed by atoms with E-state index in [1.54, 1.807) is 12.4 Å². The first kappa shape index (κ1) is 11.8. The molecule has 0 amide bonds. The van der Waals surface area contributed by atoms with Crippen molar-refractivity contribution in [3.63, 3.8) is 0 Å². The zero-order chi connectivity index (χ0) is 13.2. The van der Waals surface area contributed by atoms with Crippen LogP contribution in [0.4, 0.5) is 15.9 Å². The van der Waals surface area contributed by atoms with Crippen LogP contribution in [0, 0.1) is 5.82 Å². The molecule has 0 aliphatic heterocycles. The van der Waals surface area contributed by atoms with Gasteiger partial charge in [-0.25, -0.2) is 9.37 Å². The van der Waals surface area contributed by atoms with Gasteiger partial charge in [-0.05, 0) is 29.1 Å². The normalized spacial score (nSPS) is 10.6. The van der Waals surface area contributed by atoms with Crippen LogP contribution in [-0.2, 0) is 0 Å². The largest absolute Gasteiger partial charge is 0.337 e. The molecule has 2 heterocycles. The molecular formula is C13H8ClFN4. The molecule has 0 saturated carbocycles. The van der Waals surface area contributed by atoms with E-state index in [1.807, 2.05) is 24.3 Å². The van der Waals surface area contributed by atoms with Gasteiger partial charge in [0.25, 0.3) is 0 Å². The Hall–Kier alpha value is -2.27. The summed E-state index contributed by atoms with van der Waals surface area (Å²) in [6.45, 7) is 0. The fourth-order valence-electron chi connectivity index (χ4n) is 1.78. The van der Waals surface area contributed by atoms with Crippen molar-refractivity contribution < 1.29 is 4.39 Å². The van der Waals surface area contributed by atoms with Crippen molar-refractivity contribution in [2.45, 2.75) is 0 Å². The predicted octanol–water partition coefficient (Wildman–Crippen LogP) is 3.56. The summed E-state index contributed by atoms with van der Waals surface area (Å²) in [5, 5.41) is 4.77. The fourth-order valence-corrected chi connectivity index (χ4v) is 1.92. The van der Waals surface area contributed by atoms with Gasteiger partial charge in [0, 0.05) is 23.5 Å². The molecule has 3 aromatic rings. The SMILES string of the molecule is Fc1cnc(Cl)nc1Nc1cccc2ccncc12. The molecule has 3 rings (SSSR count). The van der Waals surface area contributed by atoms with Crippen molar-refractivity contribution in [1.29, 1.82) is 0 Å². The smallest absolute Gasteiger partial charge is 0.224 e. The molecule has 0 fully saturated rings. The van der Waals surface area contributed by atoms with Gasteiger partial charge in [0.15, 0.2) is 11.6 Å². The van der Waals surface area contributed by atoms with Gasteiger partial charge in [-0.15, -0.1) is 0 Å². The Bertz CT molecular complexity index is 742. The summed E-state index contributed by atoms with van der Waals surface area (Å²) in [7, 11) is 0. The monoisotopic (exact) mass is 274 g/mol. The lowest BCUT2D eigenvalue weighted by molar-refractivity contribution is 0.619. The number of pyridine rings is 1. The van der Waals surface area contributed by atoms with Crippen molar-refractivity contribution in [2.24, 2.45) is 0 Å². The Morgan fingerprint density at radius 3 is 2.95 bits per heavy atom.